The van der Waals surface area contributed by atoms with E-state index in [1.54, 1.807) is 24.3 Å². The first kappa shape index (κ1) is 16.4. The molecule has 1 atom stereocenters. The second-order valence-corrected chi connectivity index (χ2v) is 6.15. The van der Waals surface area contributed by atoms with Gasteiger partial charge in [0.15, 0.2) is 5.01 Å². The molecule has 0 bridgehead atoms. The number of alkyl halides is 3. The van der Waals surface area contributed by atoms with Crippen LogP contribution in [-0.4, -0.2) is 32.9 Å². The highest BCUT2D eigenvalue weighted by Crippen LogP contribution is 2.32. The van der Waals surface area contributed by atoms with Crippen LogP contribution in [0.2, 0.25) is 0 Å². The number of rotatable bonds is 2. The van der Waals surface area contributed by atoms with Crippen molar-refractivity contribution in [1.82, 2.24) is 9.88 Å². The minimum absolute atomic E-state index is 0.0187. The molecule has 24 heavy (non-hydrogen) atoms. The zero-order chi connectivity index (χ0) is 17.5. The summed E-state index contributed by atoms with van der Waals surface area (Å²) in [6.07, 6.45) is -4.53. The lowest BCUT2D eigenvalue weighted by atomic mass is 9.94. The third-order valence-corrected chi connectivity index (χ3v) is 4.65. The number of thiazole rings is 1. The van der Waals surface area contributed by atoms with E-state index in [2.05, 4.69) is 4.98 Å². The maximum absolute atomic E-state index is 12.6. The van der Waals surface area contributed by atoms with Gasteiger partial charge in [-0.15, -0.1) is 11.3 Å². The summed E-state index contributed by atoms with van der Waals surface area (Å²) in [6, 6.07) is 5.93. The summed E-state index contributed by atoms with van der Waals surface area (Å²) in [5, 5.41) is 9.25. The monoisotopic (exact) mass is 356 g/mol. The van der Waals surface area contributed by atoms with E-state index in [4.69, 9.17) is 0 Å². The van der Waals surface area contributed by atoms with E-state index < -0.39 is 34.8 Å². The number of carbonyl (C=O) groups excluding carboxylic acids is 1. The maximum atomic E-state index is 12.6. The van der Waals surface area contributed by atoms with E-state index in [9.17, 15) is 27.9 Å². The normalized spacial score (nSPS) is 17.5. The number of halogens is 3. The van der Waals surface area contributed by atoms with Crippen LogP contribution in [0.3, 0.4) is 0 Å². The Bertz CT molecular complexity index is 803. The molecule has 0 radical (unpaired) electrons. The third kappa shape index (κ3) is 2.99. The molecule has 0 fully saturated rings. The first-order valence-electron chi connectivity index (χ1n) is 6.90. The van der Waals surface area contributed by atoms with Crippen LogP contribution in [0, 0.1) is 0 Å². The van der Waals surface area contributed by atoms with Crippen LogP contribution in [0.15, 0.2) is 29.6 Å². The number of carboxylic acid groups (broad SMARTS) is 1. The summed E-state index contributed by atoms with van der Waals surface area (Å²) in [5.41, 5.74) is 1.19. The molecule has 0 aliphatic carbocycles. The fraction of sp³-hybridized carbons (Fsp3) is 0.267. The van der Waals surface area contributed by atoms with E-state index in [0.717, 1.165) is 21.4 Å². The molecule has 2 aromatic rings. The molecule has 1 amide bonds. The van der Waals surface area contributed by atoms with Crippen LogP contribution in [0.1, 0.15) is 26.6 Å². The highest BCUT2D eigenvalue weighted by Gasteiger charge is 2.38. The lowest BCUT2D eigenvalue weighted by Crippen LogP contribution is -2.48. The van der Waals surface area contributed by atoms with Gasteiger partial charge in [-0.3, -0.25) is 4.79 Å². The van der Waals surface area contributed by atoms with Gasteiger partial charge < -0.3 is 10.0 Å². The molecule has 1 aliphatic rings. The molecule has 2 heterocycles. The van der Waals surface area contributed by atoms with Gasteiger partial charge in [-0.25, -0.2) is 9.78 Å². The van der Waals surface area contributed by atoms with Gasteiger partial charge in [0.2, 0.25) is 0 Å². The Balaban J connectivity index is 1.93. The second-order valence-electron chi connectivity index (χ2n) is 5.30. The Kier molecular flexibility index (Phi) is 4.04. The predicted octanol–water partition coefficient (Wildman–Crippen LogP) is 2.81. The van der Waals surface area contributed by atoms with Crippen LogP contribution >= 0.6 is 11.3 Å². The molecule has 1 aliphatic heterocycles. The van der Waals surface area contributed by atoms with Crippen molar-refractivity contribution in [1.29, 1.82) is 0 Å². The van der Waals surface area contributed by atoms with Crippen molar-refractivity contribution in [3.8, 4) is 0 Å². The highest BCUT2D eigenvalue weighted by molar-refractivity contribution is 7.09. The largest absolute Gasteiger partial charge is 0.480 e. The number of amides is 1. The number of benzene rings is 1. The second kappa shape index (κ2) is 5.90. The Morgan fingerprint density at radius 2 is 1.92 bits per heavy atom. The molecule has 1 N–H and O–H groups in total. The number of hydrogen-bond acceptors (Lipinski definition) is 4. The molecule has 9 heteroatoms. The van der Waals surface area contributed by atoms with Crippen LogP contribution in [0.25, 0.3) is 0 Å². The number of fused-ring (bicyclic) bond motifs is 1. The number of nitrogens with zero attached hydrogens (tertiary/aromatic N) is 2. The van der Waals surface area contributed by atoms with E-state index in [0.29, 0.717) is 11.3 Å². The van der Waals surface area contributed by atoms with Gasteiger partial charge in [0.25, 0.3) is 5.91 Å². The number of carboxylic acids is 1. The molecule has 5 nitrogen and oxygen atoms in total. The Morgan fingerprint density at radius 3 is 2.50 bits per heavy atom. The molecular weight excluding hydrogens is 345 g/mol. The number of aromatic nitrogens is 1. The molecule has 3 rings (SSSR count). The maximum Gasteiger partial charge on any atom is 0.443 e. The van der Waals surface area contributed by atoms with E-state index in [-0.39, 0.29) is 13.0 Å². The van der Waals surface area contributed by atoms with Crippen molar-refractivity contribution in [3.05, 3.63) is 51.5 Å². The van der Waals surface area contributed by atoms with Crippen LogP contribution in [-0.2, 0) is 23.9 Å². The Labute approximate surface area is 138 Å². The van der Waals surface area contributed by atoms with Gasteiger partial charge in [-0.1, -0.05) is 24.3 Å². The first-order chi connectivity index (χ1) is 11.3. The lowest BCUT2D eigenvalue weighted by molar-refractivity contribution is -0.143. The third-order valence-electron chi connectivity index (χ3n) is 3.76. The molecule has 0 saturated heterocycles. The molecule has 0 spiro atoms. The van der Waals surface area contributed by atoms with Crippen molar-refractivity contribution in [2.75, 3.05) is 0 Å². The fourth-order valence-electron chi connectivity index (χ4n) is 2.61. The molecule has 1 aromatic carbocycles. The van der Waals surface area contributed by atoms with E-state index in [1.165, 1.54) is 0 Å². The lowest BCUT2D eigenvalue weighted by Gasteiger charge is -2.34. The van der Waals surface area contributed by atoms with Gasteiger partial charge in [-0.2, -0.15) is 13.2 Å². The Morgan fingerprint density at radius 1 is 1.25 bits per heavy atom. The van der Waals surface area contributed by atoms with Crippen molar-refractivity contribution in [2.45, 2.75) is 25.2 Å². The van der Waals surface area contributed by atoms with Crippen LogP contribution < -0.4 is 0 Å². The minimum Gasteiger partial charge on any atom is -0.480 e. The van der Waals surface area contributed by atoms with Gasteiger partial charge in [-0.05, 0) is 11.1 Å². The standard InChI is InChI=1S/C15H11F3N2O3S/c16-15(17,18)14-19-10(7-24-14)12(21)20-6-9-4-2-1-3-8(9)5-11(20)13(22)23/h1-4,7,11H,5-6H2,(H,22,23). The Hall–Kier alpha value is -2.42. The smallest absolute Gasteiger partial charge is 0.443 e. The molecule has 1 aromatic heterocycles. The van der Waals surface area contributed by atoms with Gasteiger partial charge in [0.1, 0.15) is 11.7 Å². The summed E-state index contributed by atoms with van der Waals surface area (Å²) in [5.74, 6) is -2.02. The predicted molar refractivity (Wildman–Crippen MR) is 78.6 cm³/mol. The van der Waals surface area contributed by atoms with Gasteiger partial charge >= 0.3 is 12.1 Å². The molecule has 126 valence electrons. The quantitative estimate of drug-likeness (QED) is 0.898. The van der Waals surface area contributed by atoms with Crippen molar-refractivity contribution in [3.63, 3.8) is 0 Å². The first-order valence-corrected chi connectivity index (χ1v) is 7.78. The summed E-state index contributed by atoms with van der Waals surface area (Å²) in [4.78, 5) is 28.4. The van der Waals surface area contributed by atoms with E-state index in [1.807, 2.05) is 0 Å². The minimum atomic E-state index is -4.64. The zero-order valence-corrected chi connectivity index (χ0v) is 12.9. The van der Waals surface area contributed by atoms with Gasteiger partial charge in [0.05, 0.1) is 0 Å². The zero-order valence-electron chi connectivity index (χ0n) is 12.1. The molecular formula is C15H11F3N2O3S. The van der Waals surface area contributed by atoms with E-state index >= 15 is 0 Å². The van der Waals surface area contributed by atoms with Crippen LogP contribution in [0.4, 0.5) is 13.2 Å². The highest BCUT2D eigenvalue weighted by atomic mass is 32.1. The molecule has 0 saturated carbocycles. The van der Waals surface area contributed by atoms with Crippen molar-refractivity contribution < 1.29 is 27.9 Å². The fourth-order valence-corrected chi connectivity index (χ4v) is 3.27. The average Bonchev–Trinajstić information content (AvgIpc) is 3.03. The topological polar surface area (TPSA) is 70.5 Å². The SMILES string of the molecule is O=C(O)C1Cc2ccccc2CN1C(=O)c1csc(C(F)(F)F)n1. The molecule has 1 unspecified atom stereocenters. The summed E-state index contributed by atoms with van der Waals surface area (Å²) in [7, 11) is 0. The summed E-state index contributed by atoms with van der Waals surface area (Å²) >= 11 is 0.313. The van der Waals surface area contributed by atoms with Crippen molar-refractivity contribution >= 4 is 23.2 Å². The van der Waals surface area contributed by atoms with Crippen LogP contribution in [0.5, 0.6) is 0 Å². The number of aliphatic carboxylic acids is 1. The summed E-state index contributed by atoms with van der Waals surface area (Å²) in [6.45, 7) is 0.0187. The summed E-state index contributed by atoms with van der Waals surface area (Å²) < 4.78 is 37.9. The number of carbonyl (C=O) groups is 2. The van der Waals surface area contributed by atoms with Crippen molar-refractivity contribution in [2.24, 2.45) is 0 Å². The number of hydrogen-bond donors (Lipinski definition) is 1. The van der Waals surface area contributed by atoms with Gasteiger partial charge in [0, 0.05) is 18.3 Å². The average molecular weight is 356 g/mol.